The van der Waals surface area contributed by atoms with E-state index in [9.17, 15) is 4.79 Å². The molecular weight excluding hydrogens is 314 g/mol. The lowest BCUT2D eigenvalue weighted by molar-refractivity contribution is 0.0454. The maximum Gasteiger partial charge on any atom is 0.270 e. The maximum atomic E-state index is 11.3. The van der Waals surface area contributed by atoms with Gasteiger partial charge in [0.1, 0.15) is 10.8 Å². The van der Waals surface area contributed by atoms with Crippen LogP contribution in [0.15, 0.2) is 35.1 Å². The minimum atomic E-state index is -0.564. The normalized spacial score (nSPS) is 17.1. The van der Waals surface area contributed by atoms with Crippen LogP contribution in [0.2, 0.25) is 0 Å². The minimum absolute atomic E-state index is 0.220. The van der Waals surface area contributed by atoms with Gasteiger partial charge in [0, 0.05) is 19.6 Å². The Bertz CT molecular complexity index is 617. The number of rotatable bonds is 7. The molecule has 7 nitrogen and oxygen atoms in total. The predicted molar refractivity (Wildman–Crippen MR) is 92.9 cm³/mol. The fraction of sp³-hybridized carbons (Fsp3) is 0.400. The number of amides is 1. The number of aliphatic imine (C=N–C) groups is 1. The molecule has 124 valence electrons. The van der Waals surface area contributed by atoms with Gasteiger partial charge in [-0.2, -0.15) is 0 Å². The van der Waals surface area contributed by atoms with Crippen LogP contribution in [0.5, 0.6) is 0 Å². The number of carbonyl (C=O) groups excluding carboxylic acids is 1. The van der Waals surface area contributed by atoms with Crippen LogP contribution in [0.3, 0.4) is 0 Å². The van der Waals surface area contributed by atoms with Crippen molar-refractivity contribution in [3.05, 3.63) is 35.8 Å². The average Bonchev–Trinajstić information content (AvgIpc) is 3.02. The Labute approximate surface area is 139 Å². The summed E-state index contributed by atoms with van der Waals surface area (Å²) in [4.78, 5) is 22.1. The van der Waals surface area contributed by atoms with E-state index in [0.717, 1.165) is 32.0 Å². The summed E-state index contributed by atoms with van der Waals surface area (Å²) < 4.78 is 5.34. The molecule has 0 bridgehead atoms. The number of morpholine rings is 1. The summed E-state index contributed by atoms with van der Waals surface area (Å²) in [7, 11) is 0. The van der Waals surface area contributed by atoms with Crippen molar-refractivity contribution in [1.29, 1.82) is 0 Å². The number of allylic oxidation sites excluding steroid dienone is 1. The molecule has 0 radical (unpaired) electrons. The Kier molecular flexibility index (Phi) is 6.45. The quantitative estimate of drug-likeness (QED) is 0.736. The first-order valence-corrected chi connectivity index (χ1v) is 8.18. The highest BCUT2D eigenvalue weighted by molar-refractivity contribution is 7.14. The zero-order valence-electron chi connectivity index (χ0n) is 13.1. The molecule has 1 aromatic rings. The van der Waals surface area contributed by atoms with E-state index in [2.05, 4.69) is 26.8 Å². The summed E-state index contributed by atoms with van der Waals surface area (Å²) in [5, 5.41) is 3.69. The van der Waals surface area contributed by atoms with Gasteiger partial charge in [0.05, 0.1) is 24.4 Å². The molecule has 0 aromatic carbocycles. The number of nitrogens with zero attached hydrogens (tertiary/aromatic N) is 3. The predicted octanol–water partition coefficient (Wildman–Crippen LogP) is 1.47. The third-order valence-electron chi connectivity index (χ3n) is 3.30. The Hall–Kier alpha value is -2.03. The van der Waals surface area contributed by atoms with Crippen LogP contribution in [0.25, 0.3) is 0 Å². The number of aromatic nitrogens is 1. The third-order valence-corrected chi connectivity index (χ3v) is 4.05. The summed E-state index contributed by atoms with van der Waals surface area (Å²) in [5.41, 5.74) is 7.94. The fourth-order valence-corrected chi connectivity index (χ4v) is 2.77. The molecule has 1 amide bonds. The van der Waals surface area contributed by atoms with Crippen molar-refractivity contribution in [2.24, 2.45) is 10.7 Å². The topological polar surface area (TPSA) is 92.8 Å². The van der Waals surface area contributed by atoms with Gasteiger partial charge in [-0.25, -0.2) is 9.98 Å². The van der Waals surface area contributed by atoms with Gasteiger partial charge >= 0.3 is 0 Å². The SMILES string of the molecule is C=C/C(CN1CCOCC1)=N\C(=C/C)Nc1scnc1C(N)=O. The molecule has 2 rings (SSSR count). The summed E-state index contributed by atoms with van der Waals surface area (Å²) in [6.07, 6.45) is 3.57. The lowest BCUT2D eigenvalue weighted by Gasteiger charge is -2.26. The summed E-state index contributed by atoms with van der Waals surface area (Å²) in [6.45, 7) is 9.64. The molecule has 1 fully saturated rings. The zero-order valence-corrected chi connectivity index (χ0v) is 13.9. The summed E-state index contributed by atoms with van der Waals surface area (Å²) in [6, 6.07) is 0. The van der Waals surface area contributed by atoms with E-state index in [0.29, 0.717) is 17.4 Å². The lowest BCUT2D eigenvalue weighted by atomic mass is 10.3. The molecular formula is C15H21N5O2S. The standard InChI is InChI=1S/C15H21N5O2S/c1-3-11(9-20-5-7-22-8-6-20)18-12(4-2)19-15-13(14(16)21)17-10-23-15/h3-4,10,19H,1,5-9H2,2H3,(H2,16,21)/b12-4+,18-11+. The first-order valence-electron chi connectivity index (χ1n) is 7.30. The molecule has 8 heteroatoms. The second-order valence-corrected chi connectivity index (χ2v) is 5.74. The van der Waals surface area contributed by atoms with Crippen LogP contribution in [0, 0.1) is 0 Å². The number of hydrogen-bond acceptors (Lipinski definition) is 7. The lowest BCUT2D eigenvalue weighted by Crippen LogP contribution is -2.39. The van der Waals surface area contributed by atoms with Crippen LogP contribution in [-0.4, -0.2) is 54.4 Å². The second-order valence-electron chi connectivity index (χ2n) is 4.89. The van der Waals surface area contributed by atoms with Gasteiger partial charge in [0.15, 0.2) is 5.69 Å². The highest BCUT2D eigenvalue weighted by Gasteiger charge is 2.14. The molecule has 23 heavy (non-hydrogen) atoms. The number of hydrogen-bond donors (Lipinski definition) is 2. The smallest absolute Gasteiger partial charge is 0.270 e. The summed E-state index contributed by atoms with van der Waals surface area (Å²) in [5.74, 6) is 0.0605. The molecule has 0 unspecified atom stereocenters. The molecule has 0 saturated carbocycles. The highest BCUT2D eigenvalue weighted by atomic mass is 32.1. The van der Waals surface area contributed by atoms with Gasteiger partial charge in [-0.05, 0) is 19.1 Å². The molecule has 1 aliphatic heterocycles. The van der Waals surface area contributed by atoms with Gasteiger partial charge in [0.2, 0.25) is 0 Å². The van der Waals surface area contributed by atoms with E-state index < -0.39 is 5.91 Å². The van der Waals surface area contributed by atoms with Crippen molar-refractivity contribution in [1.82, 2.24) is 9.88 Å². The molecule has 0 spiro atoms. The van der Waals surface area contributed by atoms with Crippen molar-refractivity contribution in [2.45, 2.75) is 6.92 Å². The number of thiazole rings is 1. The van der Waals surface area contributed by atoms with E-state index >= 15 is 0 Å². The Morgan fingerprint density at radius 2 is 2.35 bits per heavy atom. The number of nitrogens with two attached hydrogens (primary N) is 1. The van der Waals surface area contributed by atoms with Gasteiger partial charge in [0.25, 0.3) is 5.91 Å². The number of ether oxygens (including phenoxy) is 1. The number of nitrogens with one attached hydrogen (secondary N) is 1. The van der Waals surface area contributed by atoms with E-state index in [1.54, 1.807) is 11.6 Å². The monoisotopic (exact) mass is 335 g/mol. The average molecular weight is 335 g/mol. The van der Waals surface area contributed by atoms with Crippen LogP contribution in [0.4, 0.5) is 5.00 Å². The van der Waals surface area contributed by atoms with Gasteiger partial charge in [-0.3, -0.25) is 9.69 Å². The Balaban J connectivity index is 2.07. The molecule has 2 heterocycles. The molecule has 1 aromatic heterocycles. The first-order chi connectivity index (χ1) is 11.1. The Morgan fingerprint density at radius 3 is 2.96 bits per heavy atom. The zero-order chi connectivity index (χ0) is 16.7. The van der Waals surface area contributed by atoms with E-state index in [-0.39, 0.29) is 5.69 Å². The third kappa shape index (κ3) is 4.98. The van der Waals surface area contributed by atoms with Crippen molar-refractivity contribution in [2.75, 3.05) is 38.2 Å². The van der Waals surface area contributed by atoms with E-state index in [1.165, 1.54) is 11.3 Å². The molecule has 1 saturated heterocycles. The van der Waals surface area contributed by atoms with Gasteiger partial charge < -0.3 is 15.8 Å². The maximum absolute atomic E-state index is 11.3. The van der Waals surface area contributed by atoms with E-state index in [4.69, 9.17) is 10.5 Å². The Morgan fingerprint density at radius 1 is 1.61 bits per heavy atom. The first kappa shape index (κ1) is 17.3. The van der Waals surface area contributed by atoms with Gasteiger partial charge in [-0.1, -0.05) is 6.58 Å². The second kappa shape index (κ2) is 8.56. The molecule has 0 atom stereocenters. The number of carbonyl (C=O) groups is 1. The fourth-order valence-electron chi connectivity index (χ4n) is 2.08. The summed E-state index contributed by atoms with van der Waals surface area (Å²) >= 11 is 1.31. The van der Waals surface area contributed by atoms with Gasteiger partial charge in [-0.15, -0.1) is 11.3 Å². The van der Waals surface area contributed by atoms with E-state index in [1.807, 2.05) is 13.0 Å². The largest absolute Gasteiger partial charge is 0.379 e. The minimum Gasteiger partial charge on any atom is -0.379 e. The molecule has 3 N–H and O–H groups in total. The highest BCUT2D eigenvalue weighted by Crippen LogP contribution is 2.22. The van der Waals surface area contributed by atoms with Crippen molar-refractivity contribution >= 4 is 28.0 Å². The van der Waals surface area contributed by atoms with Crippen molar-refractivity contribution < 1.29 is 9.53 Å². The molecule has 1 aliphatic rings. The van der Waals surface area contributed by atoms with Crippen LogP contribution >= 0.6 is 11.3 Å². The van der Waals surface area contributed by atoms with Crippen molar-refractivity contribution in [3.8, 4) is 0 Å². The number of primary amides is 1. The molecule has 0 aliphatic carbocycles. The van der Waals surface area contributed by atoms with Crippen LogP contribution in [0.1, 0.15) is 17.4 Å². The van der Waals surface area contributed by atoms with Crippen LogP contribution < -0.4 is 11.1 Å². The number of anilines is 1. The van der Waals surface area contributed by atoms with Crippen LogP contribution in [-0.2, 0) is 4.74 Å². The van der Waals surface area contributed by atoms with Crippen molar-refractivity contribution in [3.63, 3.8) is 0 Å².